The summed E-state index contributed by atoms with van der Waals surface area (Å²) in [6.45, 7) is 8.43. The molecule has 2 aromatic carbocycles. The van der Waals surface area contributed by atoms with Gasteiger partial charge >= 0.3 is 6.09 Å². The molecule has 0 aliphatic rings. The molecule has 0 radical (unpaired) electrons. The highest BCUT2D eigenvalue weighted by atomic mass is 16.6. The lowest BCUT2D eigenvalue weighted by molar-refractivity contribution is -0.141. The van der Waals surface area contributed by atoms with Crippen LogP contribution in [0.1, 0.15) is 58.2 Å². The topological polar surface area (TPSA) is 121 Å². The number of terminal acetylenes is 1. The number of methoxy groups -OCH3 is 1. The SMILES string of the molecule is C#Cc1ccc(C(C(=O)Nc2ccc(OC)cc2)N(CC#N)C(=O)C(NC(=O)OC(C)(C)C)C(C)CC)cc1. The number of rotatable bonds is 10. The van der Waals surface area contributed by atoms with Gasteiger partial charge in [-0.25, -0.2) is 4.79 Å². The number of alkyl carbamates (subject to hydrolysis) is 1. The molecule has 0 aliphatic heterocycles. The summed E-state index contributed by atoms with van der Waals surface area (Å²) in [5, 5.41) is 15.1. The Bertz CT molecular complexity index is 1220. The van der Waals surface area contributed by atoms with E-state index < -0.39 is 42.1 Å². The average Bonchev–Trinajstić information content (AvgIpc) is 2.90. The highest BCUT2D eigenvalue weighted by Crippen LogP contribution is 2.27. The smallest absolute Gasteiger partial charge is 0.408 e. The second kappa shape index (κ2) is 13.9. The first-order chi connectivity index (χ1) is 18.4. The van der Waals surface area contributed by atoms with Crippen LogP contribution in [0.3, 0.4) is 0 Å². The summed E-state index contributed by atoms with van der Waals surface area (Å²) in [6, 6.07) is 13.1. The third-order valence-corrected chi connectivity index (χ3v) is 5.99. The summed E-state index contributed by atoms with van der Waals surface area (Å²) in [6.07, 6.45) is 5.28. The fraction of sp³-hybridized carbons (Fsp3) is 0.400. The molecular formula is C30H36N4O5. The van der Waals surface area contributed by atoms with E-state index in [2.05, 4.69) is 16.6 Å². The molecular weight excluding hydrogens is 496 g/mol. The Labute approximate surface area is 230 Å². The predicted molar refractivity (Wildman–Crippen MR) is 149 cm³/mol. The van der Waals surface area contributed by atoms with Crippen molar-refractivity contribution in [1.82, 2.24) is 10.2 Å². The van der Waals surface area contributed by atoms with Crippen molar-refractivity contribution in [2.24, 2.45) is 5.92 Å². The lowest BCUT2D eigenvalue weighted by atomic mass is 9.95. The molecule has 206 valence electrons. The number of nitrogens with zero attached hydrogens (tertiary/aromatic N) is 2. The van der Waals surface area contributed by atoms with E-state index in [1.165, 1.54) is 7.11 Å². The molecule has 9 nitrogen and oxygen atoms in total. The first-order valence-corrected chi connectivity index (χ1v) is 12.6. The van der Waals surface area contributed by atoms with Gasteiger partial charge in [-0.05, 0) is 68.7 Å². The molecule has 0 aliphatic carbocycles. The molecule has 0 saturated heterocycles. The summed E-state index contributed by atoms with van der Waals surface area (Å²) in [7, 11) is 1.54. The molecule has 0 aromatic heterocycles. The number of nitrogens with one attached hydrogen (secondary N) is 2. The van der Waals surface area contributed by atoms with Crippen molar-refractivity contribution in [2.45, 2.75) is 58.7 Å². The molecule has 0 saturated carbocycles. The third kappa shape index (κ3) is 8.79. The Kier molecular flexibility index (Phi) is 10.9. The molecule has 3 unspecified atom stereocenters. The molecule has 0 bridgehead atoms. The van der Waals surface area contributed by atoms with E-state index in [0.29, 0.717) is 29.0 Å². The largest absolute Gasteiger partial charge is 0.497 e. The van der Waals surface area contributed by atoms with Crippen LogP contribution in [0.15, 0.2) is 48.5 Å². The molecule has 39 heavy (non-hydrogen) atoms. The normalized spacial score (nSPS) is 13.0. The van der Waals surface area contributed by atoms with E-state index in [1.807, 2.05) is 13.0 Å². The maximum Gasteiger partial charge on any atom is 0.408 e. The van der Waals surface area contributed by atoms with Crippen LogP contribution in [0.25, 0.3) is 0 Å². The maximum atomic E-state index is 14.0. The van der Waals surface area contributed by atoms with E-state index in [4.69, 9.17) is 15.9 Å². The zero-order valence-corrected chi connectivity index (χ0v) is 23.3. The molecule has 9 heteroatoms. The number of nitriles is 1. The van der Waals surface area contributed by atoms with Crippen molar-refractivity contribution in [2.75, 3.05) is 19.0 Å². The Morgan fingerprint density at radius 1 is 1.08 bits per heavy atom. The number of carbonyl (C=O) groups excluding carboxylic acids is 3. The number of hydrogen-bond acceptors (Lipinski definition) is 6. The Hall–Kier alpha value is -4.50. The first-order valence-electron chi connectivity index (χ1n) is 12.6. The molecule has 2 rings (SSSR count). The van der Waals surface area contributed by atoms with Gasteiger partial charge in [-0.15, -0.1) is 6.42 Å². The second-order valence-electron chi connectivity index (χ2n) is 10.0. The molecule has 0 heterocycles. The van der Waals surface area contributed by atoms with Gasteiger partial charge < -0.3 is 25.0 Å². The quantitative estimate of drug-likeness (QED) is 0.340. The Morgan fingerprint density at radius 3 is 2.18 bits per heavy atom. The van der Waals surface area contributed by atoms with Gasteiger partial charge in [-0.2, -0.15) is 5.26 Å². The van der Waals surface area contributed by atoms with Crippen molar-refractivity contribution in [3.05, 3.63) is 59.7 Å². The maximum absolute atomic E-state index is 14.0. The zero-order valence-electron chi connectivity index (χ0n) is 23.3. The van der Waals surface area contributed by atoms with Crippen molar-refractivity contribution < 1.29 is 23.9 Å². The minimum atomic E-state index is -1.20. The van der Waals surface area contributed by atoms with Crippen LogP contribution in [-0.2, 0) is 14.3 Å². The van der Waals surface area contributed by atoms with Crippen LogP contribution in [0.5, 0.6) is 5.75 Å². The van der Waals surface area contributed by atoms with Gasteiger partial charge in [-0.3, -0.25) is 9.59 Å². The van der Waals surface area contributed by atoms with Crippen LogP contribution in [0, 0.1) is 29.6 Å². The summed E-state index contributed by atoms with van der Waals surface area (Å²) in [5.41, 5.74) is 0.735. The van der Waals surface area contributed by atoms with Crippen LogP contribution in [0.4, 0.5) is 10.5 Å². The molecule has 2 N–H and O–H groups in total. The van der Waals surface area contributed by atoms with E-state index in [-0.39, 0.29) is 5.92 Å². The van der Waals surface area contributed by atoms with E-state index in [9.17, 15) is 19.6 Å². The van der Waals surface area contributed by atoms with Crippen LogP contribution in [-0.4, -0.2) is 48.1 Å². The lowest BCUT2D eigenvalue weighted by Crippen LogP contribution is -2.54. The highest BCUT2D eigenvalue weighted by molar-refractivity contribution is 5.99. The van der Waals surface area contributed by atoms with Gasteiger partial charge in [0.05, 0.1) is 13.2 Å². The number of ether oxygens (including phenoxy) is 2. The number of benzene rings is 2. The van der Waals surface area contributed by atoms with Crippen molar-refractivity contribution in [3.8, 4) is 24.2 Å². The monoisotopic (exact) mass is 532 g/mol. The Balaban J connectivity index is 2.53. The fourth-order valence-corrected chi connectivity index (χ4v) is 3.79. The van der Waals surface area contributed by atoms with Crippen molar-refractivity contribution in [3.63, 3.8) is 0 Å². The molecule has 0 spiro atoms. The van der Waals surface area contributed by atoms with Gasteiger partial charge in [0, 0.05) is 11.3 Å². The first kappa shape index (κ1) is 30.7. The van der Waals surface area contributed by atoms with Crippen molar-refractivity contribution in [1.29, 1.82) is 5.26 Å². The number of carbonyl (C=O) groups is 3. The minimum Gasteiger partial charge on any atom is -0.497 e. The summed E-state index contributed by atoms with van der Waals surface area (Å²) in [4.78, 5) is 41.5. The predicted octanol–water partition coefficient (Wildman–Crippen LogP) is 4.65. The summed E-state index contributed by atoms with van der Waals surface area (Å²) in [5.74, 6) is 1.68. The van der Waals surface area contributed by atoms with Gasteiger partial charge in [-0.1, -0.05) is 38.3 Å². The molecule has 2 aromatic rings. The van der Waals surface area contributed by atoms with E-state index >= 15 is 0 Å². The van der Waals surface area contributed by atoms with Crippen LogP contribution >= 0.6 is 0 Å². The van der Waals surface area contributed by atoms with Gasteiger partial charge in [0.1, 0.15) is 30.0 Å². The van der Waals surface area contributed by atoms with Gasteiger partial charge in [0.2, 0.25) is 5.91 Å². The number of amides is 3. The Morgan fingerprint density at radius 2 is 1.69 bits per heavy atom. The fourth-order valence-electron chi connectivity index (χ4n) is 3.79. The summed E-state index contributed by atoms with van der Waals surface area (Å²) < 4.78 is 10.5. The minimum absolute atomic E-state index is 0.319. The number of hydrogen-bond donors (Lipinski definition) is 2. The molecule has 0 fully saturated rings. The highest BCUT2D eigenvalue weighted by Gasteiger charge is 2.38. The van der Waals surface area contributed by atoms with Gasteiger partial charge in [0.15, 0.2) is 0 Å². The van der Waals surface area contributed by atoms with Crippen LogP contribution in [0.2, 0.25) is 0 Å². The standard InChI is InChI=1S/C30H36N4O5/c1-8-20(3)25(33-29(37)39-30(4,5)6)28(36)34(19-18-31)26(22-12-10-21(9-2)11-13-22)27(35)32-23-14-16-24(38-7)17-15-23/h2,10-17,20,25-26H,8,19H2,1,3-7H3,(H,32,35)(H,33,37). The summed E-state index contributed by atoms with van der Waals surface area (Å²) >= 11 is 0. The second-order valence-corrected chi connectivity index (χ2v) is 10.0. The van der Waals surface area contributed by atoms with E-state index in [1.54, 1.807) is 76.2 Å². The number of anilines is 1. The van der Waals surface area contributed by atoms with E-state index in [0.717, 1.165) is 4.90 Å². The zero-order chi connectivity index (χ0) is 29.2. The van der Waals surface area contributed by atoms with Gasteiger partial charge in [0.25, 0.3) is 5.91 Å². The third-order valence-electron chi connectivity index (χ3n) is 5.99. The van der Waals surface area contributed by atoms with Crippen molar-refractivity contribution >= 4 is 23.6 Å². The average molecular weight is 533 g/mol. The molecule has 3 atom stereocenters. The van der Waals surface area contributed by atoms with Crippen LogP contribution < -0.4 is 15.4 Å². The molecule has 3 amide bonds. The lowest BCUT2D eigenvalue weighted by Gasteiger charge is -2.34.